The molecular formula is C24H22F3N7O4. The lowest BCUT2D eigenvalue weighted by molar-refractivity contribution is -0.274. The lowest BCUT2D eigenvalue weighted by Crippen LogP contribution is -2.48. The van der Waals surface area contributed by atoms with E-state index in [9.17, 15) is 27.6 Å². The van der Waals surface area contributed by atoms with E-state index in [2.05, 4.69) is 20.1 Å². The third-order valence-corrected chi connectivity index (χ3v) is 6.17. The SMILES string of the molecule is [N-]=[N+]=NC[C@H]1CC[C@@H](C(=O)Cc2cccc(OC(F)(F)F)c2)N1C(=O)Nc1cn(C(N)=O)c2ccccc12. The number of alkyl halides is 3. The Morgan fingerprint density at radius 3 is 2.63 bits per heavy atom. The van der Waals surface area contributed by atoms with Gasteiger partial charge in [0.15, 0.2) is 5.78 Å². The number of nitrogens with two attached hydrogens (primary N) is 1. The first-order valence-corrected chi connectivity index (χ1v) is 11.4. The quantitative estimate of drug-likeness (QED) is 0.252. The maximum Gasteiger partial charge on any atom is 0.573 e. The summed E-state index contributed by atoms with van der Waals surface area (Å²) in [6, 6.07) is 8.86. The number of likely N-dealkylation sites (tertiary alicyclic amines) is 1. The van der Waals surface area contributed by atoms with Gasteiger partial charge in [-0.05, 0) is 42.1 Å². The number of carbonyl (C=O) groups excluding carboxylic acids is 3. The van der Waals surface area contributed by atoms with Crippen molar-refractivity contribution in [3.05, 3.63) is 70.7 Å². The van der Waals surface area contributed by atoms with Crippen molar-refractivity contribution >= 4 is 34.4 Å². The number of ether oxygens (including phenoxy) is 1. The highest BCUT2D eigenvalue weighted by Gasteiger charge is 2.40. The Morgan fingerprint density at radius 2 is 1.92 bits per heavy atom. The molecule has 4 rings (SSSR count). The zero-order chi connectivity index (χ0) is 27.4. The van der Waals surface area contributed by atoms with E-state index in [1.165, 1.54) is 27.8 Å². The van der Waals surface area contributed by atoms with Gasteiger partial charge in [0.2, 0.25) is 0 Å². The fraction of sp³-hybridized carbons (Fsp3) is 0.292. The normalized spacial score (nSPS) is 17.2. The molecule has 198 valence electrons. The molecule has 0 spiro atoms. The molecule has 3 amide bonds. The summed E-state index contributed by atoms with van der Waals surface area (Å²) in [6.45, 7) is -0.0777. The highest BCUT2D eigenvalue weighted by molar-refractivity contribution is 6.05. The van der Waals surface area contributed by atoms with Gasteiger partial charge in [-0.25, -0.2) is 9.59 Å². The number of amides is 3. The molecule has 1 fully saturated rings. The molecule has 0 saturated carbocycles. The largest absolute Gasteiger partial charge is 0.573 e. The zero-order valence-corrected chi connectivity index (χ0v) is 19.8. The Balaban J connectivity index is 1.58. The number of primary amides is 1. The van der Waals surface area contributed by atoms with Gasteiger partial charge in [-0.1, -0.05) is 35.4 Å². The smallest absolute Gasteiger partial charge is 0.406 e. The maximum absolute atomic E-state index is 13.4. The Labute approximate surface area is 213 Å². The average molecular weight is 529 g/mol. The van der Waals surface area contributed by atoms with E-state index in [4.69, 9.17) is 11.3 Å². The molecule has 0 bridgehead atoms. The zero-order valence-electron chi connectivity index (χ0n) is 19.8. The number of nitrogens with zero attached hydrogens (tertiary/aromatic N) is 5. The second-order valence-corrected chi connectivity index (χ2v) is 8.60. The number of azide groups is 1. The number of hydrogen-bond donors (Lipinski definition) is 2. The molecule has 1 aromatic heterocycles. The molecule has 1 aliphatic rings. The van der Waals surface area contributed by atoms with E-state index in [1.54, 1.807) is 24.3 Å². The van der Waals surface area contributed by atoms with Gasteiger partial charge in [0.25, 0.3) is 0 Å². The van der Waals surface area contributed by atoms with Crippen molar-refractivity contribution in [2.75, 3.05) is 11.9 Å². The van der Waals surface area contributed by atoms with Gasteiger partial charge in [-0.2, -0.15) is 0 Å². The van der Waals surface area contributed by atoms with Crippen LogP contribution in [0.1, 0.15) is 18.4 Å². The van der Waals surface area contributed by atoms with Crippen molar-refractivity contribution in [3.63, 3.8) is 0 Å². The van der Waals surface area contributed by atoms with Crippen molar-refractivity contribution in [2.24, 2.45) is 10.8 Å². The number of ketones is 1. The molecule has 1 saturated heterocycles. The highest BCUT2D eigenvalue weighted by Crippen LogP contribution is 2.31. The van der Waals surface area contributed by atoms with E-state index < -0.39 is 42.0 Å². The topological polar surface area (TPSA) is 155 Å². The molecule has 3 aromatic rings. The summed E-state index contributed by atoms with van der Waals surface area (Å²) < 4.78 is 42.9. The van der Waals surface area contributed by atoms with Crippen LogP contribution in [0.3, 0.4) is 0 Å². The lowest BCUT2D eigenvalue weighted by Gasteiger charge is -2.29. The summed E-state index contributed by atoms with van der Waals surface area (Å²) in [7, 11) is 0. The van der Waals surface area contributed by atoms with Crippen molar-refractivity contribution < 1.29 is 32.3 Å². The molecule has 3 N–H and O–H groups in total. The molecule has 1 aliphatic heterocycles. The lowest BCUT2D eigenvalue weighted by atomic mass is 10.0. The van der Waals surface area contributed by atoms with E-state index in [-0.39, 0.29) is 30.6 Å². The Bertz CT molecular complexity index is 1430. The Kier molecular flexibility index (Phi) is 7.44. The summed E-state index contributed by atoms with van der Waals surface area (Å²) in [4.78, 5) is 42.6. The number of halogens is 3. The summed E-state index contributed by atoms with van der Waals surface area (Å²) >= 11 is 0. The van der Waals surface area contributed by atoms with Gasteiger partial charge in [-0.3, -0.25) is 9.36 Å². The number of Topliss-reactive ketones (excluding diaryl/α,β-unsaturated/α-hetero) is 1. The van der Waals surface area contributed by atoms with E-state index in [1.807, 2.05) is 0 Å². The number of hydrogen-bond acceptors (Lipinski definition) is 5. The van der Waals surface area contributed by atoms with Crippen LogP contribution in [-0.4, -0.2) is 52.3 Å². The fourth-order valence-corrected chi connectivity index (χ4v) is 4.63. The summed E-state index contributed by atoms with van der Waals surface area (Å²) in [5.74, 6) is -0.872. The number of benzene rings is 2. The number of para-hydroxylation sites is 1. The number of nitrogens with one attached hydrogen (secondary N) is 1. The predicted octanol–water partition coefficient (Wildman–Crippen LogP) is 4.95. The number of anilines is 1. The Morgan fingerprint density at radius 1 is 1.16 bits per heavy atom. The Hall–Kier alpha value is -4.71. The van der Waals surface area contributed by atoms with Gasteiger partial charge in [0.1, 0.15) is 5.75 Å². The minimum absolute atomic E-state index is 0.0777. The molecule has 14 heteroatoms. The van der Waals surface area contributed by atoms with Gasteiger partial charge < -0.3 is 20.7 Å². The number of urea groups is 1. The summed E-state index contributed by atoms with van der Waals surface area (Å²) in [5, 5.41) is 6.81. The van der Waals surface area contributed by atoms with Gasteiger partial charge in [-0.15, -0.1) is 13.2 Å². The van der Waals surface area contributed by atoms with Crippen LogP contribution in [-0.2, 0) is 11.2 Å². The molecule has 2 atom stereocenters. The minimum atomic E-state index is -4.88. The molecule has 2 heterocycles. The summed E-state index contributed by atoms with van der Waals surface area (Å²) in [6.07, 6.45) is -3.14. The number of carbonyl (C=O) groups is 3. The van der Waals surface area contributed by atoms with E-state index in [0.29, 0.717) is 17.3 Å². The van der Waals surface area contributed by atoms with Crippen LogP contribution in [0.5, 0.6) is 5.75 Å². The van der Waals surface area contributed by atoms with Crippen LogP contribution in [0, 0.1) is 0 Å². The number of fused-ring (bicyclic) bond motifs is 1. The van der Waals surface area contributed by atoms with Crippen LogP contribution in [0.25, 0.3) is 21.3 Å². The van der Waals surface area contributed by atoms with Crippen LogP contribution in [0.2, 0.25) is 0 Å². The number of rotatable bonds is 7. The minimum Gasteiger partial charge on any atom is -0.406 e. The first-order valence-electron chi connectivity index (χ1n) is 11.4. The van der Waals surface area contributed by atoms with E-state index in [0.717, 1.165) is 12.1 Å². The second kappa shape index (κ2) is 10.7. The third-order valence-electron chi connectivity index (χ3n) is 6.17. The molecule has 0 unspecified atom stereocenters. The van der Waals surface area contributed by atoms with Crippen molar-refractivity contribution in [2.45, 2.75) is 37.7 Å². The van der Waals surface area contributed by atoms with E-state index >= 15 is 0 Å². The van der Waals surface area contributed by atoms with Gasteiger partial charge >= 0.3 is 18.4 Å². The molecular weight excluding hydrogens is 507 g/mol. The predicted molar refractivity (Wildman–Crippen MR) is 130 cm³/mol. The van der Waals surface area contributed by atoms with Crippen LogP contribution in [0.4, 0.5) is 28.4 Å². The maximum atomic E-state index is 13.4. The third kappa shape index (κ3) is 5.81. The van der Waals surface area contributed by atoms with Crippen molar-refractivity contribution in [1.29, 1.82) is 0 Å². The van der Waals surface area contributed by atoms with Crippen molar-refractivity contribution in [1.82, 2.24) is 9.47 Å². The van der Waals surface area contributed by atoms with Crippen LogP contribution >= 0.6 is 0 Å². The fourth-order valence-electron chi connectivity index (χ4n) is 4.63. The first kappa shape index (κ1) is 26.4. The van der Waals surface area contributed by atoms with Crippen LogP contribution in [0.15, 0.2) is 59.8 Å². The number of aromatic nitrogens is 1. The highest BCUT2D eigenvalue weighted by atomic mass is 19.4. The molecule has 0 radical (unpaired) electrons. The van der Waals surface area contributed by atoms with Gasteiger partial charge in [0.05, 0.1) is 17.2 Å². The monoisotopic (exact) mass is 529 g/mol. The van der Waals surface area contributed by atoms with Crippen LogP contribution < -0.4 is 15.8 Å². The molecule has 0 aliphatic carbocycles. The molecule has 2 aromatic carbocycles. The second-order valence-electron chi connectivity index (χ2n) is 8.60. The van der Waals surface area contributed by atoms with Gasteiger partial charge in [0, 0.05) is 35.5 Å². The average Bonchev–Trinajstić information content (AvgIpc) is 3.44. The summed E-state index contributed by atoms with van der Waals surface area (Å²) in [5.41, 5.74) is 15.2. The molecule has 38 heavy (non-hydrogen) atoms. The standard InChI is InChI=1S/C24H22F3N7O4/c25-24(26,27)38-16-5-3-4-14(10-16)11-21(35)20-9-8-15(12-30-32-29)34(20)23(37)31-18-13-33(22(28)36)19-7-2-1-6-17(18)19/h1-7,10,13,15,20H,8-9,11-12H2,(H2,28,36)(H,31,37)/t15-,20+/m1/s1. The van der Waals surface area contributed by atoms with Crippen molar-refractivity contribution in [3.8, 4) is 5.75 Å². The molecule has 11 nitrogen and oxygen atoms in total. The first-order chi connectivity index (χ1) is 18.1.